The van der Waals surface area contributed by atoms with Gasteiger partial charge in [-0.15, -0.1) is 0 Å². The quantitative estimate of drug-likeness (QED) is 0.692. The molecule has 6 nitrogen and oxygen atoms in total. The van der Waals surface area contributed by atoms with Crippen molar-refractivity contribution in [1.82, 2.24) is 9.80 Å². The molecule has 1 aliphatic heterocycles. The van der Waals surface area contributed by atoms with Gasteiger partial charge in [0.1, 0.15) is 0 Å². The van der Waals surface area contributed by atoms with Crippen molar-refractivity contribution < 1.29 is 9.90 Å². The van der Waals surface area contributed by atoms with Crippen LogP contribution in [0.1, 0.15) is 22.3 Å². The third-order valence-electron chi connectivity index (χ3n) is 4.12. The fraction of sp³-hybridized carbons (Fsp3) is 0.533. The summed E-state index contributed by atoms with van der Waals surface area (Å²) in [4.78, 5) is 15.8. The van der Waals surface area contributed by atoms with Gasteiger partial charge in [0, 0.05) is 31.9 Å². The first-order valence-electron chi connectivity index (χ1n) is 7.30. The van der Waals surface area contributed by atoms with E-state index < -0.39 is 5.97 Å². The number of likely N-dealkylation sites (N-methyl/N-ethyl adjacent to an activating group) is 1. The van der Waals surface area contributed by atoms with Gasteiger partial charge in [0.05, 0.1) is 11.3 Å². The topological polar surface area (TPSA) is 95.8 Å². The summed E-state index contributed by atoms with van der Waals surface area (Å²) >= 11 is 0. The average molecular weight is 292 g/mol. The van der Waals surface area contributed by atoms with Crippen LogP contribution in [0.4, 0.5) is 11.4 Å². The minimum atomic E-state index is -1.01. The third kappa shape index (κ3) is 3.86. The molecule has 1 aromatic carbocycles. The van der Waals surface area contributed by atoms with E-state index in [0.717, 1.165) is 44.7 Å². The summed E-state index contributed by atoms with van der Waals surface area (Å²) in [6, 6.07) is 3.10. The zero-order chi connectivity index (χ0) is 15.4. The van der Waals surface area contributed by atoms with Crippen LogP contribution in [0.3, 0.4) is 0 Å². The summed E-state index contributed by atoms with van der Waals surface area (Å²) in [7, 11) is 2.14. The highest BCUT2D eigenvalue weighted by Gasteiger charge is 2.16. The molecular weight excluding hydrogens is 268 g/mol. The van der Waals surface area contributed by atoms with Crippen LogP contribution in [0.5, 0.6) is 0 Å². The largest absolute Gasteiger partial charge is 0.478 e. The van der Waals surface area contributed by atoms with E-state index in [1.807, 2.05) is 0 Å². The molecule has 5 N–H and O–H groups in total. The Morgan fingerprint density at radius 2 is 1.90 bits per heavy atom. The second kappa shape index (κ2) is 6.78. The zero-order valence-corrected chi connectivity index (χ0v) is 12.5. The van der Waals surface area contributed by atoms with Gasteiger partial charge < -0.3 is 26.4 Å². The Balaban J connectivity index is 1.94. The Hall–Kier alpha value is -1.79. The molecule has 21 heavy (non-hydrogen) atoms. The predicted octanol–water partition coefficient (Wildman–Crippen LogP) is 0.729. The smallest absolute Gasteiger partial charge is 0.337 e. The van der Waals surface area contributed by atoms with Crippen molar-refractivity contribution in [2.75, 3.05) is 51.2 Å². The molecule has 1 heterocycles. The lowest BCUT2D eigenvalue weighted by Gasteiger charge is -2.32. The van der Waals surface area contributed by atoms with Crippen molar-refractivity contribution in [3.63, 3.8) is 0 Å². The Morgan fingerprint density at radius 3 is 2.52 bits per heavy atom. The molecule has 116 valence electrons. The number of carboxylic acids is 1. The first-order chi connectivity index (χ1) is 9.99. The van der Waals surface area contributed by atoms with Crippen LogP contribution in [0.2, 0.25) is 0 Å². The molecule has 1 aliphatic rings. The number of nitrogens with zero attached hydrogens (tertiary/aromatic N) is 2. The number of anilines is 2. The van der Waals surface area contributed by atoms with E-state index in [1.54, 1.807) is 6.07 Å². The SMILES string of the molecule is CN1CCN(CCCc2c(N)ccc(C(=O)O)c2N)CC1. The number of aromatic carboxylic acids is 1. The minimum Gasteiger partial charge on any atom is -0.478 e. The molecule has 0 atom stereocenters. The second-order valence-corrected chi connectivity index (χ2v) is 5.65. The summed E-state index contributed by atoms with van der Waals surface area (Å²) in [6.45, 7) is 5.34. The highest BCUT2D eigenvalue weighted by Crippen LogP contribution is 2.25. The molecule has 0 amide bonds. The van der Waals surface area contributed by atoms with E-state index in [9.17, 15) is 4.79 Å². The maximum Gasteiger partial charge on any atom is 0.337 e. The molecule has 0 radical (unpaired) electrons. The first kappa shape index (κ1) is 15.6. The van der Waals surface area contributed by atoms with E-state index >= 15 is 0 Å². The van der Waals surface area contributed by atoms with Gasteiger partial charge in [-0.25, -0.2) is 4.79 Å². The fourth-order valence-electron chi connectivity index (χ4n) is 2.70. The van der Waals surface area contributed by atoms with Gasteiger partial charge >= 0.3 is 5.97 Å². The standard InChI is InChI=1S/C15H24N4O2/c1-18-7-9-19(10-8-18)6-2-3-11-13(16)5-4-12(14(11)17)15(20)21/h4-5H,2-3,6-10,16-17H2,1H3,(H,20,21). The summed E-state index contributed by atoms with van der Waals surface area (Å²) in [5.41, 5.74) is 13.7. The molecule has 0 unspecified atom stereocenters. The van der Waals surface area contributed by atoms with Gasteiger partial charge in [-0.05, 0) is 44.1 Å². The molecule has 1 aromatic rings. The van der Waals surface area contributed by atoms with Crippen molar-refractivity contribution >= 4 is 17.3 Å². The number of hydrogen-bond donors (Lipinski definition) is 3. The molecular formula is C15H24N4O2. The molecule has 0 bridgehead atoms. The number of hydrogen-bond acceptors (Lipinski definition) is 5. The average Bonchev–Trinajstić information content (AvgIpc) is 2.44. The van der Waals surface area contributed by atoms with Crippen LogP contribution in [0.15, 0.2) is 12.1 Å². The van der Waals surface area contributed by atoms with Crippen molar-refractivity contribution in [2.45, 2.75) is 12.8 Å². The van der Waals surface area contributed by atoms with Crippen molar-refractivity contribution in [1.29, 1.82) is 0 Å². The molecule has 0 aliphatic carbocycles. The van der Waals surface area contributed by atoms with Crippen LogP contribution < -0.4 is 11.5 Å². The van der Waals surface area contributed by atoms with Gasteiger partial charge in [0.25, 0.3) is 0 Å². The number of carboxylic acid groups (broad SMARTS) is 1. The van der Waals surface area contributed by atoms with Gasteiger partial charge in [0.15, 0.2) is 0 Å². The fourth-order valence-corrected chi connectivity index (χ4v) is 2.70. The predicted molar refractivity (Wildman–Crippen MR) is 84.5 cm³/mol. The van der Waals surface area contributed by atoms with Crippen LogP contribution in [-0.2, 0) is 6.42 Å². The summed E-state index contributed by atoms with van der Waals surface area (Å²) in [5, 5.41) is 9.10. The first-order valence-corrected chi connectivity index (χ1v) is 7.30. The second-order valence-electron chi connectivity index (χ2n) is 5.65. The van der Waals surface area contributed by atoms with E-state index in [-0.39, 0.29) is 5.56 Å². The highest BCUT2D eigenvalue weighted by molar-refractivity contribution is 5.95. The van der Waals surface area contributed by atoms with E-state index in [0.29, 0.717) is 17.8 Å². The normalized spacial score (nSPS) is 17.0. The summed E-state index contributed by atoms with van der Waals surface area (Å²) < 4.78 is 0. The summed E-state index contributed by atoms with van der Waals surface area (Å²) in [5.74, 6) is -1.01. The zero-order valence-electron chi connectivity index (χ0n) is 12.5. The van der Waals surface area contributed by atoms with Crippen molar-refractivity contribution in [3.8, 4) is 0 Å². The third-order valence-corrected chi connectivity index (χ3v) is 4.12. The monoisotopic (exact) mass is 292 g/mol. The molecule has 1 saturated heterocycles. The van der Waals surface area contributed by atoms with Gasteiger partial charge in [-0.1, -0.05) is 0 Å². The summed E-state index contributed by atoms with van der Waals surface area (Å²) in [6.07, 6.45) is 1.65. The number of nitrogen functional groups attached to an aromatic ring is 2. The Morgan fingerprint density at radius 1 is 1.24 bits per heavy atom. The number of carbonyl (C=O) groups is 1. The van der Waals surface area contributed by atoms with Gasteiger partial charge in [-0.3, -0.25) is 0 Å². The lowest BCUT2D eigenvalue weighted by atomic mass is 10.0. The minimum absolute atomic E-state index is 0.138. The maximum absolute atomic E-state index is 11.1. The number of piperazine rings is 1. The number of rotatable bonds is 5. The molecule has 0 saturated carbocycles. The van der Waals surface area contributed by atoms with Gasteiger partial charge in [0.2, 0.25) is 0 Å². The van der Waals surface area contributed by atoms with Crippen LogP contribution >= 0.6 is 0 Å². The van der Waals surface area contributed by atoms with E-state index in [2.05, 4.69) is 16.8 Å². The van der Waals surface area contributed by atoms with Crippen LogP contribution in [0, 0.1) is 0 Å². The van der Waals surface area contributed by atoms with E-state index in [1.165, 1.54) is 6.07 Å². The Labute approximate surface area is 125 Å². The molecule has 0 spiro atoms. The van der Waals surface area contributed by atoms with Gasteiger partial charge in [-0.2, -0.15) is 0 Å². The maximum atomic E-state index is 11.1. The van der Waals surface area contributed by atoms with Crippen LogP contribution in [0.25, 0.3) is 0 Å². The van der Waals surface area contributed by atoms with Crippen molar-refractivity contribution in [2.24, 2.45) is 0 Å². The highest BCUT2D eigenvalue weighted by atomic mass is 16.4. The molecule has 0 aromatic heterocycles. The number of nitrogens with two attached hydrogens (primary N) is 2. The van der Waals surface area contributed by atoms with Crippen LogP contribution in [-0.4, -0.2) is 60.6 Å². The van der Waals surface area contributed by atoms with E-state index in [4.69, 9.17) is 16.6 Å². The Bertz CT molecular complexity index is 511. The lowest BCUT2D eigenvalue weighted by molar-refractivity contribution is 0.0698. The number of benzene rings is 1. The molecule has 6 heteroatoms. The van der Waals surface area contributed by atoms with Crippen molar-refractivity contribution in [3.05, 3.63) is 23.3 Å². The molecule has 2 rings (SSSR count). The Kier molecular flexibility index (Phi) is 5.03. The lowest BCUT2D eigenvalue weighted by Crippen LogP contribution is -2.44. The molecule has 1 fully saturated rings.